The summed E-state index contributed by atoms with van der Waals surface area (Å²) in [4.78, 5) is 11.1. The normalized spacial score (nSPS) is 11.0. The molecule has 0 aliphatic heterocycles. The molecule has 1 aromatic heterocycles. The molecule has 2 aromatic rings. The molecule has 0 atom stereocenters. The van der Waals surface area contributed by atoms with E-state index in [0.29, 0.717) is 36.7 Å². The predicted octanol–water partition coefficient (Wildman–Crippen LogP) is 1.18. The van der Waals surface area contributed by atoms with E-state index in [1.54, 1.807) is 36.4 Å². The standard InChI is InChI=1S/C18H22N2O6S/c1-25-18(21)14-27(23,24)13-15-6-8-16(9-7-15)26-12-4-10-19-17-5-2-3-11-20(17)22/h2-3,5-9,11,22H,4,10,12-14H2,1H3/p+1. The Balaban J connectivity index is 1.74. The van der Waals surface area contributed by atoms with E-state index in [0.717, 1.165) is 11.8 Å². The summed E-state index contributed by atoms with van der Waals surface area (Å²) in [5, 5.41) is 12.7. The van der Waals surface area contributed by atoms with E-state index in [2.05, 4.69) is 10.1 Å². The Morgan fingerprint density at radius 1 is 1.19 bits per heavy atom. The Kier molecular flexibility index (Phi) is 7.42. The first-order valence-electron chi connectivity index (χ1n) is 8.32. The average Bonchev–Trinajstić information content (AvgIpc) is 2.63. The zero-order chi connectivity index (χ0) is 19.7. The van der Waals surface area contributed by atoms with Gasteiger partial charge in [0.15, 0.2) is 9.84 Å². The topological polar surface area (TPSA) is 106 Å². The van der Waals surface area contributed by atoms with Gasteiger partial charge in [0, 0.05) is 12.5 Å². The third kappa shape index (κ3) is 7.14. The first-order valence-corrected chi connectivity index (χ1v) is 10.1. The number of anilines is 1. The molecule has 9 heteroatoms. The van der Waals surface area contributed by atoms with Crippen molar-refractivity contribution in [1.82, 2.24) is 0 Å². The number of aromatic nitrogens is 1. The Morgan fingerprint density at radius 2 is 1.93 bits per heavy atom. The number of ether oxygens (including phenoxy) is 2. The van der Waals surface area contributed by atoms with Gasteiger partial charge in [-0.15, -0.1) is 0 Å². The maximum atomic E-state index is 11.9. The Labute approximate surface area is 158 Å². The number of rotatable bonds is 10. The van der Waals surface area contributed by atoms with Gasteiger partial charge in [-0.2, -0.15) is 0 Å². The van der Waals surface area contributed by atoms with E-state index in [9.17, 15) is 18.4 Å². The van der Waals surface area contributed by atoms with E-state index < -0.39 is 21.6 Å². The summed E-state index contributed by atoms with van der Waals surface area (Å²) in [5.41, 5.74) is 0.574. The van der Waals surface area contributed by atoms with E-state index in [4.69, 9.17) is 4.74 Å². The van der Waals surface area contributed by atoms with Gasteiger partial charge in [0.1, 0.15) is 17.7 Å². The summed E-state index contributed by atoms with van der Waals surface area (Å²) in [7, 11) is -2.41. The van der Waals surface area contributed by atoms with Crippen LogP contribution in [0.3, 0.4) is 0 Å². The molecule has 2 rings (SSSR count). The quantitative estimate of drug-likeness (QED) is 0.269. The molecule has 0 amide bonds. The first kappa shape index (κ1) is 20.5. The fourth-order valence-corrected chi connectivity index (χ4v) is 3.56. The fourth-order valence-electron chi connectivity index (χ4n) is 2.28. The van der Waals surface area contributed by atoms with Crippen LogP contribution >= 0.6 is 0 Å². The van der Waals surface area contributed by atoms with Crippen molar-refractivity contribution in [2.24, 2.45) is 0 Å². The number of hydrogen-bond acceptors (Lipinski definition) is 7. The fraction of sp³-hybridized carbons (Fsp3) is 0.333. The SMILES string of the molecule is COC(=O)CS(=O)(=O)Cc1ccc(OCCCNc2cccc[n+]2O)cc1. The minimum absolute atomic E-state index is 0.232. The summed E-state index contributed by atoms with van der Waals surface area (Å²) >= 11 is 0. The molecule has 0 aliphatic rings. The number of carbonyl (C=O) groups excluding carboxylic acids is 1. The lowest BCUT2D eigenvalue weighted by Gasteiger charge is -2.07. The number of nitrogens with one attached hydrogen (secondary N) is 1. The molecule has 0 unspecified atom stereocenters. The lowest BCUT2D eigenvalue weighted by Crippen LogP contribution is -2.33. The second-order valence-electron chi connectivity index (χ2n) is 5.81. The average molecular weight is 395 g/mol. The Bertz CT molecular complexity index is 852. The summed E-state index contributed by atoms with van der Waals surface area (Å²) in [6, 6.07) is 12.0. The first-order chi connectivity index (χ1) is 12.9. The molecule has 0 radical (unpaired) electrons. The van der Waals surface area contributed by atoms with Crippen LogP contribution < -0.4 is 14.8 Å². The van der Waals surface area contributed by atoms with E-state index in [-0.39, 0.29) is 5.75 Å². The van der Waals surface area contributed by atoms with Crippen molar-refractivity contribution in [1.29, 1.82) is 0 Å². The maximum Gasteiger partial charge on any atom is 0.320 e. The van der Waals surface area contributed by atoms with Crippen LogP contribution in [0.5, 0.6) is 5.75 Å². The van der Waals surface area contributed by atoms with Gasteiger partial charge in [-0.3, -0.25) is 10.1 Å². The molecular weight excluding hydrogens is 372 g/mol. The van der Waals surface area contributed by atoms with Crippen LogP contribution in [0, 0.1) is 0 Å². The minimum atomic E-state index is -3.56. The van der Waals surface area contributed by atoms with Gasteiger partial charge in [-0.05, 0) is 23.8 Å². The molecule has 1 heterocycles. The highest BCUT2D eigenvalue weighted by atomic mass is 32.2. The Hall–Kier alpha value is -2.81. The zero-order valence-corrected chi connectivity index (χ0v) is 15.8. The molecule has 0 fully saturated rings. The number of hydrogen-bond donors (Lipinski definition) is 2. The van der Waals surface area contributed by atoms with Crippen molar-refractivity contribution >= 4 is 21.6 Å². The molecule has 0 spiro atoms. The van der Waals surface area contributed by atoms with E-state index in [1.807, 2.05) is 6.07 Å². The molecule has 1 aromatic carbocycles. The van der Waals surface area contributed by atoms with Crippen molar-refractivity contribution in [3.05, 3.63) is 54.2 Å². The smallest absolute Gasteiger partial charge is 0.320 e. The molecular formula is C18H23N2O6S+. The summed E-state index contributed by atoms with van der Waals surface area (Å²) in [5.74, 6) is -0.420. The third-order valence-corrected chi connectivity index (χ3v) is 5.06. The highest BCUT2D eigenvalue weighted by molar-refractivity contribution is 7.91. The lowest BCUT2D eigenvalue weighted by molar-refractivity contribution is -0.893. The van der Waals surface area contributed by atoms with Crippen LogP contribution in [0.4, 0.5) is 5.82 Å². The van der Waals surface area contributed by atoms with Gasteiger partial charge in [0.2, 0.25) is 0 Å². The predicted molar refractivity (Wildman–Crippen MR) is 98.4 cm³/mol. The van der Waals surface area contributed by atoms with Crippen LogP contribution in [-0.4, -0.2) is 45.6 Å². The van der Waals surface area contributed by atoms with Gasteiger partial charge < -0.3 is 14.7 Å². The van der Waals surface area contributed by atoms with Crippen LogP contribution in [0.2, 0.25) is 0 Å². The van der Waals surface area contributed by atoms with E-state index >= 15 is 0 Å². The Morgan fingerprint density at radius 3 is 2.59 bits per heavy atom. The molecule has 0 saturated carbocycles. The second kappa shape index (κ2) is 9.77. The largest absolute Gasteiger partial charge is 0.493 e. The molecule has 0 saturated heterocycles. The summed E-state index contributed by atoms with van der Waals surface area (Å²) in [6.07, 6.45) is 2.25. The van der Waals surface area contributed by atoms with E-state index in [1.165, 1.54) is 6.20 Å². The molecule has 146 valence electrons. The number of benzene rings is 1. The number of nitrogens with zero attached hydrogens (tertiary/aromatic N) is 1. The molecule has 27 heavy (non-hydrogen) atoms. The number of esters is 1. The minimum Gasteiger partial charge on any atom is -0.493 e. The van der Waals surface area contributed by atoms with Crippen molar-refractivity contribution in [2.75, 3.05) is 31.3 Å². The van der Waals surface area contributed by atoms with Gasteiger partial charge in [-0.25, -0.2) is 8.42 Å². The number of methoxy groups -OCH3 is 1. The maximum absolute atomic E-state index is 11.9. The van der Waals surface area contributed by atoms with Gasteiger partial charge >= 0.3 is 11.8 Å². The number of carbonyl (C=O) groups is 1. The van der Waals surface area contributed by atoms with Crippen LogP contribution in [0.15, 0.2) is 48.7 Å². The molecule has 0 aliphatic carbocycles. The van der Waals surface area contributed by atoms with Crippen molar-refractivity contribution in [3.8, 4) is 5.75 Å². The number of sulfone groups is 1. The highest BCUT2D eigenvalue weighted by Gasteiger charge is 2.17. The second-order valence-corrected chi connectivity index (χ2v) is 7.88. The summed E-state index contributed by atoms with van der Waals surface area (Å²) < 4.78 is 34.8. The van der Waals surface area contributed by atoms with Crippen molar-refractivity contribution in [2.45, 2.75) is 12.2 Å². The van der Waals surface area contributed by atoms with Crippen molar-refractivity contribution in [3.63, 3.8) is 0 Å². The van der Waals surface area contributed by atoms with Crippen LogP contribution in [0.1, 0.15) is 12.0 Å². The van der Waals surface area contributed by atoms with Crippen LogP contribution in [-0.2, 0) is 25.1 Å². The molecule has 8 nitrogen and oxygen atoms in total. The van der Waals surface area contributed by atoms with Gasteiger partial charge in [0.25, 0.3) is 0 Å². The number of pyridine rings is 1. The van der Waals surface area contributed by atoms with Crippen LogP contribution in [0.25, 0.3) is 0 Å². The monoisotopic (exact) mass is 395 g/mol. The lowest BCUT2D eigenvalue weighted by atomic mass is 10.2. The molecule has 2 N–H and O–H groups in total. The zero-order valence-electron chi connectivity index (χ0n) is 15.0. The van der Waals surface area contributed by atoms with Gasteiger partial charge in [-0.1, -0.05) is 22.9 Å². The van der Waals surface area contributed by atoms with Gasteiger partial charge in [0.05, 0.1) is 26.0 Å². The summed E-state index contributed by atoms with van der Waals surface area (Å²) in [6.45, 7) is 1.08. The van der Waals surface area contributed by atoms with Crippen molar-refractivity contribution < 1.29 is 32.6 Å². The molecule has 0 bridgehead atoms. The third-order valence-electron chi connectivity index (χ3n) is 3.61. The highest BCUT2D eigenvalue weighted by Crippen LogP contribution is 2.15.